The average Bonchev–Trinajstić information content (AvgIpc) is 2.70. The summed E-state index contributed by atoms with van der Waals surface area (Å²) in [5, 5.41) is 16.7. The molecule has 0 aliphatic carbocycles. The minimum absolute atomic E-state index is 0.196. The number of urea groups is 1. The zero-order valence-corrected chi connectivity index (χ0v) is 16.5. The standard InChI is InChI=1S/C19H29N5O4/c1-4-17(25)22-19(27)21-16-13-14(8-10-18(26)23-28)7-9-15(16)20-11-12-24(5-2)6-3/h7-10,13,20,28H,4-6,11-12H2,1-3H3,(H,23,26)(H2,21,22,25,27)/b10-8+. The fourth-order valence-corrected chi connectivity index (χ4v) is 2.39. The number of carbonyl (C=O) groups excluding carboxylic acids is 3. The van der Waals surface area contributed by atoms with Gasteiger partial charge in [0.15, 0.2) is 0 Å². The van der Waals surface area contributed by atoms with Gasteiger partial charge in [0, 0.05) is 25.6 Å². The molecule has 0 aromatic heterocycles. The van der Waals surface area contributed by atoms with E-state index in [-0.39, 0.29) is 12.3 Å². The summed E-state index contributed by atoms with van der Waals surface area (Å²) in [4.78, 5) is 36.9. The van der Waals surface area contributed by atoms with Crippen molar-refractivity contribution in [3.63, 3.8) is 0 Å². The molecule has 0 atom stereocenters. The summed E-state index contributed by atoms with van der Waals surface area (Å²) in [5.41, 5.74) is 3.30. The third-order valence-corrected chi connectivity index (χ3v) is 4.04. The SMILES string of the molecule is CCC(=O)NC(=O)Nc1cc(/C=C/C(=O)NO)ccc1NCCN(CC)CC. The molecule has 1 aromatic carbocycles. The molecule has 0 saturated heterocycles. The van der Waals surface area contributed by atoms with E-state index in [2.05, 4.69) is 34.7 Å². The molecule has 0 unspecified atom stereocenters. The first-order valence-electron chi connectivity index (χ1n) is 9.26. The molecular weight excluding hydrogens is 362 g/mol. The van der Waals surface area contributed by atoms with Gasteiger partial charge >= 0.3 is 6.03 Å². The van der Waals surface area contributed by atoms with E-state index in [0.29, 0.717) is 23.5 Å². The van der Waals surface area contributed by atoms with Crippen LogP contribution in [-0.4, -0.2) is 54.1 Å². The van der Waals surface area contributed by atoms with Crippen molar-refractivity contribution in [1.82, 2.24) is 15.7 Å². The fourth-order valence-electron chi connectivity index (χ4n) is 2.39. The van der Waals surface area contributed by atoms with Gasteiger partial charge in [-0.15, -0.1) is 0 Å². The van der Waals surface area contributed by atoms with E-state index >= 15 is 0 Å². The van der Waals surface area contributed by atoms with Crippen LogP contribution < -0.4 is 21.4 Å². The van der Waals surface area contributed by atoms with Crippen LogP contribution in [0.5, 0.6) is 0 Å². The minimum Gasteiger partial charge on any atom is -0.382 e. The van der Waals surface area contributed by atoms with Crippen molar-refractivity contribution in [2.75, 3.05) is 36.8 Å². The summed E-state index contributed by atoms with van der Waals surface area (Å²) in [7, 11) is 0. The number of likely N-dealkylation sites (N-methyl/N-ethyl adjacent to an activating group) is 1. The number of imide groups is 1. The van der Waals surface area contributed by atoms with Gasteiger partial charge in [-0.05, 0) is 36.9 Å². The third kappa shape index (κ3) is 8.19. The van der Waals surface area contributed by atoms with Crippen molar-refractivity contribution in [2.45, 2.75) is 27.2 Å². The maximum absolute atomic E-state index is 12.0. The molecule has 0 radical (unpaired) electrons. The van der Waals surface area contributed by atoms with E-state index in [1.807, 2.05) is 0 Å². The predicted octanol–water partition coefficient (Wildman–Crippen LogP) is 2.02. The van der Waals surface area contributed by atoms with Crippen molar-refractivity contribution in [1.29, 1.82) is 0 Å². The molecule has 9 heteroatoms. The number of hydrogen-bond donors (Lipinski definition) is 5. The summed E-state index contributed by atoms with van der Waals surface area (Å²) in [6.45, 7) is 9.24. The van der Waals surface area contributed by atoms with Crippen LogP contribution in [0.4, 0.5) is 16.2 Å². The Balaban J connectivity index is 2.95. The van der Waals surface area contributed by atoms with E-state index in [9.17, 15) is 14.4 Å². The van der Waals surface area contributed by atoms with Gasteiger partial charge in [-0.2, -0.15) is 0 Å². The van der Waals surface area contributed by atoms with Gasteiger partial charge in [0.05, 0.1) is 11.4 Å². The van der Waals surface area contributed by atoms with E-state index in [4.69, 9.17) is 5.21 Å². The zero-order valence-electron chi connectivity index (χ0n) is 16.5. The van der Waals surface area contributed by atoms with E-state index in [1.54, 1.807) is 25.1 Å². The van der Waals surface area contributed by atoms with Crippen molar-refractivity contribution < 1.29 is 19.6 Å². The lowest BCUT2D eigenvalue weighted by Crippen LogP contribution is -2.34. The van der Waals surface area contributed by atoms with Crippen LogP contribution in [0.25, 0.3) is 6.08 Å². The lowest BCUT2D eigenvalue weighted by molar-refractivity contribution is -0.124. The highest BCUT2D eigenvalue weighted by Crippen LogP contribution is 2.24. The Morgan fingerprint density at radius 1 is 1.11 bits per heavy atom. The molecule has 9 nitrogen and oxygen atoms in total. The fraction of sp³-hybridized carbons (Fsp3) is 0.421. The summed E-state index contributed by atoms with van der Waals surface area (Å²) < 4.78 is 0. The summed E-state index contributed by atoms with van der Waals surface area (Å²) >= 11 is 0. The van der Waals surface area contributed by atoms with Crippen molar-refractivity contribution in [3.8, 4) is 0 Å². The van der Waals surface area contributed by atoms with E-state index in [1.165, 1.54) is 11.6 Å². The number of hydrogen-bond acceptors (Lipinski definition) is 6. The number of hydroxylamine groups is 1. The first kappa shape index (κ1) is 23.1. The number of rotatable bonds is 10. The van der Waals surface area contributed by atoms with Crippen LogP contribution >= 0.6 is 0 Å². The zero-order chi connectivity index (χ0) is 20.9. The highest BCUT2D eigenvalue weighted by atomic mass is 16.5. The first-order chi connectivity index (χ1) is 13.4. The van der Waals surface area contributed by atoms with Crippen LogP contribution in [0.15, 0.2) is 24.3 Å². The lowest BCUT2D eigenvalue weighted by Gasteiger charge is -2.20. The Hall–Kier alpha value is -2.91. The second kappa shape index (κ2) is 12.5. The van der Waals surface area contributed by atoms with E-state index in [0.717, 1.165) is 25.7 Å². The average molecular weight is 391 g/mol. The van der Waals surface area contributed by atoms with Gasteiger partial charge in [-0.1, -0.05) is 26.8 Å². The number of nitrogens with zero attached hydrogens (tertiary/aromatic N) is 1. The second-order valence-corrected chi connectivity index (χ2v) is 5.92. The third-order valence-electron chi connectivity index (χ3n) is 4.04. The predicted molar refractivity (Wildman–Crippen MR) is 109 cm³/mol. The molecule has 28 heavy (non-hydrogen) atoms. The maximum atomic E-state index is 12.0. The molecule has 5 N–H and O–H groups in total. The number of anilines is 2. The van der Waals surface area contributed by atoms with Crippen molar-refractivity contribution in [2.24, 2.45) is 0 Å². The maximum Gasteiger partial charge on any atom is 0.325 e. The molecule has 0 saturated carbocycles. The molecule has 4 amide bonds. The molecule has 0 aliphatic rings. The van der Waals surface area contributed by atoms with Gasteiger partial charge in [-0.25, -0.2) is 10.3 Å². The molecule has 0 fully saturated rings. The minimum atomic E-state index is -0.665. The molecular formula is C19H29N5O4. The van der Waals surface area contributed by atoms with Crippen LogP contribution in [0.2, 0.25) is 0 Å². The smallest absolute Gasteiger partial charge is 0.325 e. The molecule has 0 bridgehead atoms. The molecule has 0 heterocycles. The molecule has 0 aliphatic heterocycles. The highest BCUT2D eigenvalue weighted by Gasteiger charge is 2.10. The Bertz CT molecular complexity index is 702. The number of carbonyl (C=O) groups is 3. The van der Waals surface area contributed by atoms with Crippen LogP contribution in [0.1, 0.15) is 32.8 Å². The molecule has 1 aromatic rings. The number of nitrogens with one attached hydrogen (secondary N) is 4. The van der Waals surface area contributed by atoms with Crippen LogP contribution in [0, 0.1) is 0 Å². The quantitative estimate of drug-likeness (QED) is 0.236. The Labute approximate surface area is 165 Å². The van der Waals surface area contributed by atoms with Gasteiger partial charge in [0.2, 0.25) is 5.91 Å². The summed E-state index contributed by atoms with van der Waals surface area (Å²) in [5.74, 6) is -1.05. The summed E-state index contributed by atoms with van der Waals surface area (Å²) in [6.07, 6.45) is 2.85. The van der Waals surface area contributed by atoms with Gasteiger partial charge < -0.3 is 15.5 Å². The Kier molecular flexibility index (Phi) is 10.3. The van der Waals surface area contributed by atoms with Crippen molar-refractivity contribution >= 4 is 35.3 Å². The van der Waals surface area contributed by atoms with E-state index < -0.39 is 11.9 Å². The highest BCUT2D eigenvalue weighted by molar-refractivity contribution is 6.02. The molecule has 154 valence electrons. The van der Waals surface area contributed by atoms with Crippen molar-refractivity contribution in [3.05, 3.63) is 29.8 Å². The molecule has 0 spiro atoms. The Morgan fingerprint density at radius 3 is 2.43 bits per heavy atom. The number of amides is 4. The lowest BCUT2D eigenvalue weighted by atomic mass is 10.1. The van der Waals surface area contributed by atoms with Gasteiger partial charge in [0.25, 0.3) is 5.91 Å². The van der Waals surface area contributed by atoms with Crippen LogP contribution in [0.3, 0.4) is 0 Å². The Morgan fingerprint density at radius 2 is 1.82 bits per heavy atom. The number of benzene rings is 1. The monoisotopic (exact) mass is 391 g/mol. The summed E-state index contributed by atoms with van der Waals surface area (Å²) in [6, 6.07) is 4.57. The largest absolute Gasteiger partial charge is 0.382 e. The van der Waals surface area contributed by atoms with Gasteiger partial charge in [-0.3, -0.25) is 20.1 Å². The normalized spacial score (nSPS) is 10.8. The van der Waals surface area contributed by atoms with Gasteiger partial charge in [0.1, 0.15) is 0 Å². The van der Waals surface area contributed by atoms with Crippen LogP contribution in [-0.2, 0) is 9.59 Å². The topological polar surface area (TPSA) is 123 Å². The molecule has 1 rings (SSSR count). The first-order valence-corrected chi connectivity index (χ1v) is 9.26. The second-order valence-electron chi connectivity index (χ2n) is 5.92.